The number of thioether (sulfide) groups is 1. The molecule has 1 aromatic rings. The van der Waals surface area contributed by atoms with Crippen LogP contribution in [0.3, 0.4) is 0 Å². The highest BCUT2D eigenvalue weighted by Gasteiger charge is 2.21. The number of carbonyl (C=O) groups excluding carboxylic acids is 2. The van der Waals surface area contributed by atoms with Crippen LogP contribution in [0.1, 0.15) is 20.8 Å². The van der Waals surface area contributed by atoms with Crippen molar-refractivity contribution < 1.29 is 14.3 Å². The summed E-state index contributed by atoms with van der Waals surface area (Å²) in [4.78, 5) is 23.1. The zero-order chi connectivity index (χ0) is 14.4. The van der Waals surface area contributed by atoms with Crippen LogP contribution in [0.4, 0.5) is 0 Å². The number of nitrogens with one attached hydrogen (secondary N) is 1. The van der Waals surface area contributed by atoms with E-state index in [1.54, 1.807) is 18.2 Å². The molecule has 1 amide bonds. The zero-order valence-electron chi connectivity index (χ0n) is 11.3. The summed E-state index contributed by atoms with van der Waals surface area (Å²) in [7, 11) is 0. The van der Waals surface area contributed by atoms with Crippen molar-refractivity contribution in [1.29, 1.82) is 0 Å². The molecular weight excluding hydrogens is 264 g/mol. The molecule has 0 spiro atoms. The monoisotopic (exact) mass is 282 g/mol. The summed E-state index contributed by atoms with van der Waals surface area (Å²) in [6.45, 7) is 5.21. The van der Waals surface area contributed by atoms with Crippen LogP contribution in [0.5, 0.6) is 0 Å². The van der Waals surface area contributed by atoms with Crippen molar-refractivity contribution in [3.05, 3.63) is 29.6 Å². The molecule has 1 N–H and O–H groups in total. The summed E-state index contributed by atoms with van der Waals surface area (Å²) in [5, 5.41) is 14.5. The van der Waals surface area contributed by atoms with E-state index < -0.39 is 6.04 Å². The lowest BCUT2D eigenvalue weighted by molar-refractivity contribution is -0.645. The number of pyridine rings is 1. The van der Waals surface area contributed by atoms with Crippen molar-refractivity contribution in [2.45, 2.75) is 31.8 Å². The van der Waals surface area contributed by atoms with Gasteiger partial charge in [0.15, 0.2) is 12.0 Å². The maximum Gasteiger partial charge on any atom is 0.251 e. The third-order valence-electron chi connectivity index (χ3n) is 2.56. The van der Waals surface area contributed by atoms with Crippen molar-refractivity contribution in [2.75, 3.05) is 5.75 Å². The van der Waals surface area contributed by atoms with Gasteiger partial charge in [-0.3, -0.25) is 9.59 Å². The van der Waals surface area contributed by atoms with Gasteiger partial charge in [0, 0.05) is 12.1 Å². The summed E-state index contributed by atoms with van der Waals surface area (Å²) in [6, 6.07) is 4.54. The van der Waals surface area contributed by atoms with Gasteiger partial charge < -0.3 is 10.5 Å². The largest absolute Gasteiger partial charge is 0.618 e. The van der Waals surface area contributed by atoms with Gasteiger partial charge in [0.05, 0.1) is 11.8 Å². The van der Waals surface area contributed by atoms with Crippen molar-refractivity contribution in [2.24, 2.45) is 5.92 Å². The molecule has 0 fully saturated rings. The Kier molecular flexibility index (Phi) is 5.82. The fourth-order valence-electron chi connectivity index (χ4n) is 1.62. The Balaban J connectivity index is 2.52. The molecule has 19 heavy (non-hydrogen) atoms. The standard InChI is InChI=1S/C13H18N2O3S/c1-9(2)13(10(3)16)14-11(17)8-19-12-6-4-5-7-15(12)18/h4-7,9,13H,8H2,1-3H3,(H,14,17). The molecule has 0 aliphatic rings. The Bertz CT molecular complexity index is 463. The maximum absolute atomic E-state index is 11.8. The third-order valence-corrected chi connectivity index (χ3v) is 3.58. The molecule has 104 valence electrons. The highest BCUT2D eigenvalue weighted by atomic mass is 32.2. The molecule has 0 aliphatic carbocycles. The number of hydrogen-bond donors (Lipinski definition) is 1. The lowest BCUT2D eigenvalue weighted by atomic mass is 10.0. The molecule has 0 saturated carbocycles. The molecular formula is C13H18N2O3S. The van der Waals surface area contributed by atoms with Crippen molar-refractivity contribution in [3.63, 3.8) is 0 Å². The first-order valence-corrected chi connectivity index (χ1v) is 7.01. The minimum atomic E-state index is -0.469. The van der Waals surface area contributed by atoms with E-state index in [0.29, 0.717) is 9.76 Å². The number of carbonyl (C=O) groups is 2. The molecule has 1 unspecified atom stereocenters. The Labute approximate surface area is 117 Å². The lowest BCUT2D eigenvalue weighted by Crippen LogP contribution is -2.44. The van der Waals surface area contributed by atoms with E-state index in [2.05, 4.69) is 5.32 Å². The van der Waals surface area contributed by atoms with Crippen LogP contribution in [0.25, 0.3) is 0 Å². The van der Waals surface area contributed by atoms with Crippen LogP contribution in [0.2, 0.25) is 0 Å². The number of amides is 1. The first-order valence-electron chi connectivity index (χ1n) is 6.02. The number of rotatable bonds is 6. The second-order valence-corrected chi connectivity index (χ2v) is 5.55. The molecule has 0 saturated heterocycles. The van der Waals surface area contributed by atoms with Gasteiger partial charge in [0.1, 0.15) is 0 Å². The molecule has 1 heterocycles. The lowest BCUT2D eigenvalue weighted by Gasteiger charge is -2.19. The van der Waals surface area contributed by atoms with Crippen molar-refractivity contribution in [1.82, 2.24) is 5.32 Å². The number of ketones is 1. The van der Waals surface area contributed by atoms with Gasteiger partial charge in [-0.25, -0.2) is 0 Å². The molecule has 0 radical (unpaired) electrons. The van der Waals surface area contributed by atoms with E-state index in [1.165, 1.54) is 13.1 Å². The SMILES string of the molecule is CC(=O)C(NC(=O)CSc1cccc[n+]1[O-])C(C)C. The van der Waals surface area contributed by atoms with Gasteiger partial charge >= 0.3 is 0 Å². The maximum atomic E-state index is 11.8. The fraction of sp³-hybridized carbons (Fsp3) is 0.462. The average molecular weight is 282 g/mol. The fourth-order valence-corrected chi connectivity index (χ4v) is 2.34. The second-order valence-electron chi connectivity index (χ2n) is 4.55. The minimum Gasteiger partial charge on any atom is -0.618 e. The predicted octanol–water partition coefficient (Wildman–Crippen LogP) is 1.14. The van der Waals surface area contributed by atoms with Gasteiger partial charge in [0.2, 0.25) is 5.91 Å². The van der Waals surface area contributed by atoms with E-state index in [1.807, 2.05) is 13.8 Å². The number of aromatic nitrogens is 1. The van der Waals surface area contributed by atoms with E-state index >= 15 is 0 Å². The second kappa shape index (κ2) is 7.13. The van der Waals surface area contributed by atoms with Gasteiger partial charge in [-0.15, -0.1) is 0 Å². The minimum absolute atomic E-state index is 0.0487. The molecule has 6 heteroatoms. The first-order chi connectivity index (χ1) is 8.91. The van der Waals surface area contributed by atoms with Crippen LogP contribution in [-0.4, -0.2) is 23.5 Å². The van der Waals surface area contributed by atoms with Gasteiger partial charge in [-0.05, 0) is 30.7 Å². The highest BCUT2D eigenvalue weighted by molar-refractivity contribution is 7.99. The Morgan fingerprint density at radius 1 is 1.42 bits per heavy atom. The average Bonchev–Trinajstić information content (AvgIpc) is 2.34. The molecule has 1 rings (SSSR count). The summed E-state index contributed by atoms with van der Waals surface area (Å²) >= 11 is 1.15. The van der Waals surface area contributed by atoms with Crippen LogP contribution >= 0.6 is 11.8 Å². The number of hydrogen-bond acceptors (Lipinski definition) is 4. The van der Waals surface area contributed by atoms with Crippen molar-refractivity contribution >= 4 is 23.5 Å². The molecule has 0 bridgehead atoms. The van der Waals surface area contributed by atoms with Gasteiger partial charge in [0.25, 0.3) is 5.03 Å². The summed E-state index contributed by atoms with van der Waals surface area (Å²) in [5.41, 5.74) is 0. The van der Waals surface area contributed by atoms with Crippen molar-refractivity contribution in [3.8, 4) is 0 Å². The van der Waals surface area contributed by atoms with E-state index in [4.69, 9.17) is 0 Å². The molecule has 0 aliphatic heterocycles. The smallest absolute Gasteiger partial charge is 0.251 e. The van der Waals surface area contributed by atoms with Crippen LogP contribution in [0, 0.1) is 11.1 Å². The topological polar surface area (TPSA) is 73.1 Å². The Morgan fingerprint density at radius 3 is 2.63 bits per heavy atom. The highest BCUT2D eigenvalue weighted by Crippen LogP contribution is 2.12. The summed E-state index contributed by atoms with van der Waals surface area (Å²) in [5.74, 6) is -0.148. The Morgan fingerprint density at radius 2 is 2.11 bits per heavy atom. The van der Waals surface area contributed by atoms with E-state index in [-0.39, 0.29) is 23.4 Å². The number of Topliss-reactive ketones (excluding diaryl/α,β-unsaturated/α-hetero) is 1. The predicted molar refractivity (Wildman–Crippen MR) is 73.6 cm³/mol. The first kappa shape index (κ1) is 15.5. The summed E-state index contributed by atoms with van der Waals surface area (Å²) < 4.78 is 0.711. The van der Waals surface area contributed by atoms with Crippen LogP contribution in [0.15, 0.2) is 29.4 Å². The third kappa shape index (κ3) is 4.90. The normalized spacial score (nSPS) is 12.2. The molecule has 5 nitrogen and oxygen atoms in total. The molecule has 1 atom stereocenters. The number of nitrogens with zero attached hydrogens (tertiary/aromatic N) is 1. The van der Waals surface area contributed by atoms with Gasteiger partial charge in [-0.1, -0.05) is 13.8 Å². The van der Waals surface area contributed by atoms with Gasteiger partial charge in [-0.2, -0.15) is 4.73 Å². The van der Waals surface area contributed by atoms with Crippen LogP contribution in [-0.2, 0) is 9.59 Å². The van der Waals surface area contributed by atoms with Crippen LogP contribution < -0.4 is 10.0 Å². The summed E-state index contributed by atoms with van der Waals surface area (Å²) in [6.07, 6.45) is 1.38. The quantitative estimate of drug-likeness (QED) is 0.482. The van der Waals surface area contributed by atoms with E-state index in [9.17, 15) is 14.8 Å². The molecule has 0 aromatic carbocycles. The van der Waals surface area contributed by atoms with E-state index in [0.717, 1.165) is 11.8 Å². The zero-order valence-corrected chi connectivity index (χ0v) is 12.1. The Hall–Kier alpha value is -1.56. The molecule has 1 aromatic heterocycles.